The number of alkyl halides is 1. The van der Waals surface area contributed by atoms with Crippen LogP contribution in [0.3, 0.4) is 0 Å². The molecule has 0 amide bonds. The molecule has 7 nitrogen and oxygen atoms in total. The van der Waals surface area contributed by atoms with Gasteiger partial charge in [-0.15, -0.1) is 0 Å². The number of carbonyl (C=O) groups is 1. The van der Waals surface area contributed by atoms with E-state index in [2.05, 4.69) is 14.8 Å². The summed E-state index contributed by atoms with van der Waals surface area (Å²) in [5.74, 6) is -1.55. The SMILES string of the molecule is [C-]#[N+]c1ccc(COc2cccc(-c3ccc(Cc4nc5ccc(C(=O)O)cc5n4CCF)c(F)c3)n2)c(F)c1. The van der Waals surface area contributed by atoms with Crippen molar-refractivity contribution in [1.82, 2.24) is 14.5 Å². The summed E-state index contributed by atoms with van der Waals surface area (Å²) in [5.41, 5.74) is 2.73. The van der Waals surface area contributed by atoms with Gasteiger partial charge in [-0.3, -0.25) is 0 Å². The topological polar surface area (TPSA) is 81.6 Å². The van der Waals surface area contributed by atoms with Gasteiger partial charge in [0.05, 0.1) is 35.4 Å². The molecule has 0 saturated carbocycles. The summed E-state index contributed by atoms with van der Waals surface area (Å²) in [6.07, 6.45) is 0.0671. The van der Waals surface area contributed by atoms with Crippen molar-refractivity contribution in [2.24, 2.45) is 0 Å². The van der Waals surface area contributed by atoms with E-state index in [1.165, 1.54) is 30.3 Å². The summed E-state index contributed by atoms with van der Waals surface area (Å²) in [6, 6.07) is 18.1. The number of hydrogen-bond acceptors (Lipinski definition) is 4. The number of aromatic nitrogens is 3. The van der Waals surface area contributed by atoms with E-state index in [1.54, 1.807) is 41.0 Å². The third-order valence-electron chi connectivity index (χ3n) is 6.34. The molecular weight excluding hydrogens is 521 g/mol. The molecule has 0 atom stereocenters. The Balaban J connectivity index is 1.36. The minimum Gasteiger partial charge on any atom is -0.478 e. The van der Waals surface area contributed by atoms with Gasteiger partial charge in [0, 0.05) is 23.6 Å². The molecule has 2 heterocycles. The monoisotopic (exact) mass is 542 g/mol. The fourth-order valence-corrected chi connectivity index (χ4v) is 4.33. The molecule has 0 radical (unpaired) electrons. The molecule has 3 aromatic carbocycles. The zero-order valence-electron chi connectivity index (χ0n) is 20.9. The largest absolute Gasteiger partial charge is 0.478 e. The molecule has 0 aliphatic heterocycles. The van der Waals surface area contributed by atoms with Crippen LogP contribution in [0.2, 0.25) is 0 Å². The van der Waals surface area contributed by atoms with Gasteiger partial charge >= 0.3 is 5.97 Å². The highest BCUT2D eigenvalue weighted by Crippen LogP contribution is 2.26. The molecule has 200 valence electrons. The van der Waals surface area contributed by atoms with Crippen LogP contribution in [0.5, 0.6) is 5.88 Å². The number of halogens is 3. The number of imidazole rings is 1. The molecule has 0 unspecified atom stereocenters. The van der Waals surface area contributed by atoms with E-state index < -0.39 is 24.3 Å². The van der Waals surface area contributed by atoms with Crippen LogP contribution < -0.4 is 4.74 Å². The number of fused-ring (bicyclic) bond motifs is 1. The van der Waals surface area contributed by atoms with Crippen molar-refractivity contribution in [3.05, 3.63) is 118 Å². The lowest BCUT2D eigenvalue weighted by molar-refractivity contribution is 0.0697. The van der Waals surface area contributed by atoms with E-state index >= 15 is 4.39 Å². The first kappa shape index (κ1) is 26.4. The lowest BCUT2D eigenvalue weighted by atomic mass is 10.1. The van der Waals surface area contributed by atoms with Crippen molar-refractivity contribution in [2.75, 3.05) is 6.67 Å². The maximum absolute atomic E-state index is 15.2. The van der Waals surface area contributed by atoms with Crippen LogP contribution in [0.15, 0.2) is 72.8 Å². The lowest BCUT2D eigenvalue weighted by Crippen LogP contribution is -2.07. The van der Waals surface area contributed by atoms with E-state index in [0.29, 0.717) is 33.7 Å². The van der Waals surface area contributed by atoms with Gasteiger partial charge in [-0.25, -0.2) is 32.8 Å². The van der Waals surface area contributed by atoms with Crippen LogP contribution in [0.1, 0.15) is 27.3 Å². The maximum Gasteiger partial charge on any atom is 0.335 e. The van der Waals surface area contributed by atoms with Crippen molar-refractivity contribution in [3.8, 4) is 17.1 Å². The molecule has 0 fully saturated rings. The second-order valence-electron chi connectivity index (χ2n) is 8.90. The fraction of sp³-hybridized carbons (Fsp3) is 0.133. The Hall–Kier alpha value is -5.17. The number of pyridine rings is 1. The first-order chi connectivity index (χ1) is 19.4. The van der Waals surface area contributed by atoms with Gasteiger partial charge in [-0.1, -0.05) is 30.3 Å². The van der Waals surface area contributed by atoms with Crippen molar-refractivity contribution in [3.63, 3.8) is 0 Å². The van der Waals surface area contributed by atoms with E-state index in [9.17, 15) is 18.7 Å². The zero-order chi connectivity index (χ0) is 28.2. The Labute approximate surface area is 227 Å². The number of carboxylic acid groups (broad SMARTS) is 1. The Morgan fingerprint density at radius 2 is 1.77 bits per heavy atom. The number of carboxylic acids is 1. The third kappa shape index (κ3) is 5.49. The molecule has 0 bridgehead atoms. The van der Waals surface area contributed by atoms with Crippen LogP contribution in [0.4, 0.5) is 18.9 Å². The fourth-order valence-electron chi connectivity index (χ4n) is 4.33. The first-order valence-corrected chi connectivity index (χ1v) is 12.2. The van der Waals surface area contributed by atoms with Gasteiger partial charge in [-0.05, 0) is 42.0 Å². The van der Waals surface area contributed by atoms with Crippen LogP contribution in [0, 0.1) is 18.2 Å². The number of hydrogen-bond donors (Lipinski definition) is 1. The summed E-state index contributed by atoms with van der Waals surface area (Å²) in [7, 11) is 0. The molecule has 5 aromatic rings. The first-order valence-electron chi connectivity index (χ1n) is 12.2. The minimum atomic E-state index is -1.11. The molecule has 2 aromatic heterocycles. The molecule has 10 heteroatoms. The highest BCUT2D eigenvalue weighted by Gasteiger charge is 2.16. The normalized spacial score (nSPS) is 10.9. The number of ether oxygens (including phenoxy) is 1. The Kier molecular flexibility index (Phi) is 7.46. The van der Waals surface area contributed by atoms with Gasteiger partial charge in [0.15, 0.2) is 5.69 Å². The molecule has 0 saturated heterocycles. The van der Waals surface area contributed by atoms with Crippen molar-refractivity contribution in [2.45, 2.75) is 19.6 Å². The number of aromatic carboxylic acids is 1. The van der Waals surface area contributed by atoms with Gasteiger partial charge in [0.25, 0.3) is 0 Å². The highest BCUT2D eigenvalue weighted by molar-refractivity contribution is 5.92. The van der Waals surface area contributed by atoms with E-state index in [-0.39, 0.29) is 42.3 Å². The Bertz CT molecular complexity index is 1780. The van der Waals surface area contributed by atoms with Gasteiger partial charge in [0.2, 0.25) is 5.88 Å². The molecule has 0 spiro atoms. The van der Waals surface area contributed by atoms with E-state index in [0.717, 1.165) is 6.07 Å². The van der Waals surface area contributed by atoms with E-state index in [1.807, 2.05) is 0 Å². The number of rotatable bonds is 9. The standard InChI is InChI=1S/C30H21F3N4O3/c1-34-22-9-7-21(24(33)16-22)17-40-29-4-2-3-25(36-29)19-6-5-18(23(32)13-19)15-28-35-26-10-8-20(30(38)39)14-27(26)37(28)12-11-31/h2-10,13-14,16H,11-12,15,17H2,(H,38,39). The molecule has 0 aliphatic carbocycles. The summed E-state index contributed by atoms with van der Waals surface area (Å²) >= 11 is 0. The smallest absolute Gasteiger partial charge is 0.335 e. The van der Waals surface area contributed by atoms with Gasteiger partial charge < -0.3 is 14.4 Å². The van der Waals surface area contributed by atoms with Crippen LogP contribution in [0.25, 0.3) is 27.1 Å². The average molecular weight is 543 g/mol. The summed E-state index contributed by atoms with van der Waals surface area (Å²) < 4.78 is 49.9. The Morgan fingerprint density at radius 1 is 0.975 bits per heavy atom. The average Bonchev–Trinajstić information content (AvgIpc) is 3.29. The molecule has 40 heavy (non-hydrogen) atoms. The zero-order valence-corrected chi connectivity index (χ0v) is 20.9. The maximum atomic E-state index is 15.2. The summed E-state index contributed by atoms with van der Waals surface area (Å²) in [6.45, 7) is 6.13. The van der Waals surface area contributed by atoms with E-state index in [4.69, 9.17) is 11.3 Å². The number of aryl methyl sites for hydroxylation is 1. The van der Waals surface area contributed by atoms with Crippen LogP contribution >= 0.6 is 0 Å². The number of benzene rings is 3. The van der Waals surface area contributed by atoms with Crippen molar-refractivity contribution < 1.29 is 27.8 Å². The predicted molar refractivity (Wildman–Crippen MR) is 142 cm³/mol. The van der Waals surface area contributed by atoms with Gasteiger partial charge in [0.1, 0.15) is 30.7 Å². The molecular formula is C30H21F3N4O3. The third-order valence-corrected chi connectivity index (χ3v) is 6.34. The molecule has 5 rings (SSSR count). The minimum absolute atomic E-state index is 0.0427. The van der Waals surface area contributed by atoms with Gasteiger partial charge in [-0.2, -0.15) is 0 Å². The molecule has 0 aliphatic rings. The van der Waals surface area contributed by atoms with Crippen LogP contribution in [-0.4, -0.2) is 32.3 Å². The second kappa shape index (κ2) is 11.3. The van der Waals surface area contributed by atoms with Crippen molar-refractivity contribution >= 4 is 22.7 Å². The summed E-state index contributed by atoms with van der Waals surface area (Å²) in [4.78, 5) is 23.5. The highest BCUT2D eigenvalue weighted by atomic mass is 19.1. The second-order valence-corrected chi connectivity index (χ2v) is 8.90. The lowest BCUT2D eigenvalue weighted by Gasteiger charge is -2.10. The predicted octanol–water partition coefficient (Wildman–Crippen LogP) is 6.76. The Morgan fingerprint density at radius 3 is 2.50 bits per heavy atom. The summed E-state index contributed by atoms with van der Waals surface area (Å²) in [5, 5.41) is 9.30. The quantitative estimate of drug-likeness (QED) is 0.208. The number of nitrogens with zero attached hydrogens (tertiary/aromatic N) is 4. The van der Waals surface area contributed by atoms with Crippen molar-refractivity contribution in [1.29, 1.82) is 0 Å². The molecule has 1 N–H and O–H groups in total. The van der Waals surface area contributed by atoms with Crippen LogP contribution in [-0.2, 0) is 19.6 Å².